The third-order valence-corrected chi connectivity index (χ3v) is 7.29. The van der Waals surface area contributed by atoms with Gasteiger partial charge in [-0.2, -0.15) is 9.78 Å². The molecule has 6 aromatic rings. The third kappa shape index (κ3) is 4.63. The molecule has 40 heavy (non-hydrogen) atoms. The number of carbonyl (C=O) groups is 1. The Morgan fingerprint density at radius 3 is 2.20 bits per heavy atom. The number of aromatic nitrogens is 6. The number of carboxylic acids is 1. The molecule has 2 aromatic heterocycles. The van der Waals surface area contributed by atoms with E-state index in [1.807, 2.05) is 67.6 Å². The Kier molecular flexibility index (Phi) is 6.62. The van der Waals surface area contributed by atoms with Gasteiger partial charge in [-0.25, -0.2) is 9.48 Å². The van der Waals surface area contributed by atoms with Crippen LogP contribution in [0.2, 0.25) is 0 Å². The third-order valence-electron chi connectivity index (χ3n) is 6.34. The first-order valence-corrected chi connectivity index (χ1v) is 13.3. The zero-order valence-corrected chi connectivity index (χ0v) is 22.0. The van der Waals surface area contributed by atoms with Crippen LogP contribution in [0.3, 0.4) is 0 Å². The van der Waals surface area contributed by atoms with E-state index in [0.717, 1.165) is 22.6 Å². The number of hydrogen-bond acceptors (Lipinski definition) is 8. The molecular weight excluding hydrogens is 528 g/mol. The lowest BCUT2D eigenvalue weighted by Gasteiger charge is -2.15. The van der Waals surface area contributed by atoms with E-state index < -0.39 is 5.97 Å². The Hall–Kier alpha value is -5.16. The standard InChI is InChI=1S/C29H22N6O4S/c1-18-24(17-40-29-30-32-33-35(29)20-12-6-3-7-13-20)27(34(31-18)19-10-4-2-5-11-19)39-25-16-23(28(37)38)26(36)22-15-9-8-14-21(22)25/h2-16,36H,17H2,1H3,(H,37,38). The van der Waals surface area contributed by atoms with E-state index >= 15 is 0 Å². The minimum absolute atomic E-state index is 0.255. The number of aryl methyl sites for hydroxylation is 1. The molecule has 11 heteroatoms. The van der Waals surface area contributed by atoms with Crippen LogP contribution in [-0.2, 0) is 5.75 Å². The molecule has 0 aliphatic carbocycles. The molecule has 0 aliphatic rings. The van der Waals surface area contributed by atoms with Crippen LogP contribution >= 0.6 is 11.8 Å². The molecule has 0 unspecified atom stereocenters. The maximum Gasteiger partial charge on any atom is 0.339 e. The molecule has 0 spiro atoms. The van der Waals surface area contributed by atoms with Gasteiger partial charge in [0.25, 0.3) is 0 Å². The van der Waals surface area contributed by atoms with Crippen molar-refractivity contribution >= 4 is 28.5 Å². The second kappa shape index (κ2) is 10.5. The van der Waals surface area contributed by atoms with Crippen LogP contribution in [0.4, 0.5) is 0 Å². The summed E-state index contributed by atoms with van der Waals surface area (Å²) in [6.45, 7) is 1.89. The summed E-state index contributed by atoms with van der Waals surface area (Å²) in [5.41, 5.74) is 2.86. The van der Waals surface area contributed by atoms with Crippen molar-refractivity contribution in [3.63, 3.8) is 0 Å². The summed E-state index contributed by atoms with van der Waals surface area (Å²) in [6.07, 6.45) is 0. The molecule has 0 bridgehead atoms. The maximum atomic E-state index is 12.0. The largest absolute Gasteiger partial charge is 0.506 e. The highest BCUT2D eigenvalue weighted by atomic mass is 32.2. The summed E-state index contributed by atoms with van der Waals surface area (Å²) < 4.78 is 9.86. The highest BCUT2D eigenvalue weighted by Crippen LogP contribution is 2.41. The predicted octanol–water partition coefficient (Wildman–Crippen LogP) is 5.80. The van der Waals surface area contributed by atoms with E-state index in [9.17, 15) is 15.0 Å². The van der Waals surface area contributed by atoms with Crippen LogP contribution in [0.15, 0.2) is 96.2 Å². The molecule has 2 N–H and O–H groups in total. The summed E-state index contributed by atoms with van der Waals surface area (Å²) in [4.78, 5) is 12.0. The number of ether oxygens (including phenoxy) is 1. The van der Waals surface area contributed by atoms with Crippen molar-refractivity contribution in [1.82, 2.24) is 30.0 Å². The number of fused-ring (bicyclic) bond motifs is 1. The molecule has 4 aromatic carbocycles. The molecule has 6 rings (SSSR count). The number of thioether (sulfide) groups is 1. The smallest absolute Gasteiger partial charge is 0.339 e. The zero-order valence-electron chi connectivity index (χ0n) is 21.2. The maximum absolute atomic E-state index is 12.0. The normalized spacial score (nSPS) is 11.1. The number of benzene rings is 4. The predicted molar refractivity (Wildman–Crippen MR) is 150 cm³/mol. The molecule has 0 amide bonds. The van der Waals surface area contributed by atoms with Crippen molar-refractivity contribution < 1.29 is 19.7 Å². The second-order valence-corrected chi connectivity index (χ2v) is 9.78. The molecule has 198 valence electrons. The van der Waals surface area contributed by atoms with Crippen molar-refractivity contribution in [3.8, 4) is 28.8 Å². The number of carboxylic acid groups (broad SMARTS) is 1. The Labute approximate surface area is 232 Å². The van der Waals surface area contributed by atoms with Gasteiger partial charge in [0.2, 0.25) is 11.0 Å². The van der Waals surface area contributed by atoms with E-state index in [0.29, 0.717) is 27.6 Å². The summed E-state index contributed by atoms with van der Waals surface area (Å²) in [5.74, 6) is -0.454. The number of nitrogens with zero attached hydrogens (tertiary/aromatic N) is 6. The summed E-state index contributed by atoms with van der Waals surface area (Å²) in [6, 6.07) is 27.4. The van der Waals surface area contributed by atoms with Crippen molar-refractivity contribution in [2.75, 3.05) is 0 Å². The van der Waals surface area contributed by atoms with Crippen molar-refractivity contribution in [2.45, 2.75) is 17.8 Å². The fourth-order valence-corrected chi connectivity index (χ4v) is 5.33. The average molecular weight is 551 g/mol. The number of phenols is 1. The monoisotopic (exact) mass is 550 g/mol. The number of aromatic carboxylic acids is 1. The first-order valence-electron chi connectivity index (χ1n) is 12.3. The molecule has 0 saturated carbocycles. The molecular formula is C29H22N6O4S. The van der Waals surface area contributed by atoms with Gasteiger partial charge in [0.1, 0.15) is 17.1 Å². The van der Waals surface area contributed by atoms with Gasteiger partial charge in [0.15, 0.2) is 0 Å². The Morgan fingerprint density at radius 1 is 0.900 bits per heavy atom. The number of para-hydroxylation sites is 2. The first kappa shape index (κ1) is 25.1. The van der Waals surface area contributed by atoms with E-state index in [1.165, 1.54) is 17.8 Å². The SMILES string of the molecule is Cc1nn(-c2ccccc2)c(Oc2cc(C(=O)O)c(O)c3ccccc23)c1CSc1nnnn1-c1ccccc1. The van der Waals surface area contributed by atoms with E-state index in [2.05, 4.69) is 15.5 Å². The average Bonchev–Trinajstić information content (AvgIpc) is 3.58. The first-order chi connectivity index (χ1) is 19.5. The van der Waals surface area contributed by atoms with Crippen molar-refractivity contribution in [3.05, 3.63) is 108 Å². The molecule has 0 radical (unpaired) electrons. The lowest BCUT2D eigenvalue weighted by molar-refractivity contribution is 0.0693. The van der Waals surface area contributed by atoms with Gasteiger partial charge in [-0.3, -0.25) is 0 Å². The van der Waals surface area contributed by atoms with Crippen LogP contribution < -0.4 is 4.74 Å². The van der Waals surface area contributed by atoms with Gasteiger partial charge in [0, 0.05) is 22.1 Å². The fourth-order valence-electron chi connectivity index (χ4n) is 4.37. The number of hydrogen-bond donors (Lipinski definition) is 2. The van der Waals surface area contributed by atoms with E-state index in [4.69, 9.17) is 9.84 Å². The van der Waals surface area contributed by atoms with Gasteiger partial charge in [-0.1, -0.05) is 72.4 Å². The summed E-state index contributed by atoms with van der Waals surface area (Å²) in [5, 5.41) is 38.9. The number of tetrazole rings is 1. The van der Waals surface area contributed by atoms with Gasteiger partial charge in [-0.05, 0) is 47.7 Å². The Balaban J connectivity index is 1.45. The van der Waals surface area contributed by atoms with Crippen LogP contribution in [0, 0.1) is 6.92 Å². The highest BCUT2D eigenvalue weighted by Gasteiger charge is 2.23. The molecule has 2 heterocycles. The number of aromatic hydroxyl groups is 1. The van der Waals surface area contributed by atoms with Gasteiger partial charge < -0.3 is 14.9 Å². The fraction of sp³-hybridized carbons (Fsp3) is 0.0690. The quantitative estimate of drug-likeness (QED) is 0.226. The highest BCUT2D eigenvalue weighted by molar-refractivity contribution is 7.98. The van der Waals surface area contributed by atoms with Crippen LogP contribution in [0.1, 0.15) is 21.6 Å². The second-order valence-electron chi connectivity index (χ2n) is 8.84. The van der Waals surface area contributed by atoms with Gasteiger partial charge in [0.05, 0.1) is 17.1 Å². The summed E-state index contributed by atoms with van der Waals surface area (Å²) >= 11 is 1.42. The van der Waals surface area contributed by atoms with Crippen LogP contribution in [0.25, 0.3) is 22.1 Å². The number of rotatable bonds is 8. The van der Waals surface area contributed by atoms with Crippen LogP contribution in [0.5, 0.6) is 17.4 Å². The van der Waals surface area contributed by atoms with Crippen molar-refractivity contribution in [1.29, 1.82) is 0 Å². The Bertz CT molecular complexity index is 1840. The molecule has 10 nitrogen and oxygen atoms in total. The molecule has 0 aliphatic heterocycles. The lowest BCUT2D eigenvalue weighted by atomic mass is 10.0. The van der Waals surface area contributed by atoms with Gasteiger partial charge >= 0.3 is 5.97 Å². The molecule has 0 saturated heterocycles. The minimum Gasteiger partial charge on any atom is -0.506 e. The van der Waals surface area contributed by atoms with E-state index in [1.54, 1.807) is 33.6 Å². The zero-order chi connectivity index (χ0) is 27.6. The van der Waals surface area contributed by atoms with E-state index in [-0.39, 0.29) is 17.1 Å². The summed E-state index contributed by atoms with van der Waals surface area (Å²) in [7, 11) is 0. The molecule has 0 atom stereocenters. The van der Waals surface area contributed by atoms with Gasteiger partial charge in [-0.15, -0.1) is 5.10 Å². The van der Waals surface area contributed by atoms with Crippen LogP contribution in [-0.4, -0.2) is 46.2 Å². The minimum atomic E-state index is -1.26. The topological polar surface area (TPSA) is 128 Å². The molecule has 0 fully saturated rings. The Morgan fingerprint density at radius 2 is 1.52 bits per heavy atom. The lowest BCUT2D eigenvalue weighted by Crippen LogP contribution is -2.03. The van der Waals surface area contributed by atoms with Crippen molar-refractivity contribution in [2.24, 2.45) is 0 Å².